The number of rotatable bonds is 4. The molecule has 0 radical (unpaired) electrons. The molecule has 1 aliphatic heterocycles. The second kappa shape index (κ2) is 4.48. The van der Waals surface area contributed by atoms with E-state index >= 15 is 0 Å². The first-order valence-corrected chi connectivity index (χ1v) is 5.50. The summed E-state index contributed by atoms with van der Waals surface area (Å²) in [5.74, 6) is 1.00. The summed E-state index contributed by atoms with van der Waals surface area (Å²) in [6.07, 6.45) is 0. The Labute approximate surface area is 98.9 Å². The lowest BCUT2D eigenvalue weighted by molar-refractivity contribution is -0.384. The molecule has 0 aromatic heterocycles. The predicted molar refractivity (Wildman–Crippen MR) is 62.8 cm³/mol. The molecule has 1 aromatic carbocycles. The molecule has 2 rings (SSSR count). The lowest BCUT2D eigenvalue weighted by Gasteiger charge is -2.20. The molecular formula is C11H14N2O4. The second-order valence-electron chi connectivity index (χ2n) is 3.62. The number of nitro groups is 1. The van der Waals surface area contributed by atoms with E-state index in [0.29, 0.717) is 30.3 Å². The molecule has 0 atom stereocenters. The Morgan fingerprint density at radius 3 is 2.41 bits per heavy atom. The minimum Gasteiger partial charge on any atom is -0.454 e. The van der Waals surface area contributed by atoms with Gasteiger partial charge in [-0.25, -0.2) is 0 Å². The number of nitro benzene ring substituents is 1. The Morgan fingerprint density at radius 1 is 1.29 bits per heavy atom. The molecular weight excluding hydrogens is 224 g/mol. The number of hydrogen-bond acceptors (Lipinski definition) is 5. The highest BCUT2D eigenvalue weighted by molar-refractivity contribution is 5.70. The van der Waals surface area contributed by atoms with Crippen LogP contribution in [0.1, 0.15) is 13.8 Å². The van der Waals surface area contributed by atoms with Crippen LogP contribution in [0.3, 0.4) is 0 Å². The third-order valence-electron chi connectivity index (χ3n) is 2.77. The minimum absolute atomic E-state index is 0.0537. The Bertz CT molecular complexity index is 443. The van der Waals surface area contributed by atoms with Gasteiger partial charge in [-0.05, 0) is 13.8 Å². The maximum Gasteiger partial charge on any atom is 0.296 e. The molecule has 0 saturated carbocycles. The fourth-order valence-electron chi connectivity index (χ4n) is 1.88. The molecule has 6 heteroatoms. The summed E-state index contributed by atoms with van der Waals surface area (Å²) in [7, 11) is 0. The van der Waals surface area contributed by atoms with Gasteiger partial charge >= 0.3 is 0 Å². The zero-order valence-electron chi connectivity index (χ0n) is 9.80. The second-order valence-corrected chi connectivity index (χ2v) is 3.62. The third kappa shape index (κ3) is 1.98. The number of ether oxygens (including phenoxy) is 2. The van der Waals surface area contributed by atoms with Crippen LogP contribution in [-0.4, -0.2) is 24.8 Å². The molecule has 0 saturated heterocycles. The maximum absolute atomic E-state index is 11.0. The first-order chi connectivity index (χ1) is 8.17. The lowest BCUT2D eigenvalue weighted by atomic mass is 10.2. The van der Waals surface area contributed by atoms with Crippen LogP contribution in [0.25, 0.3) is 0 Å². The molecule has 1 aromatic rings. The van der Waals surface area contributed by atoms with Gasteiger partial charge in [0.15, 0.2) is 11.5 Å². The number of benzene rings is 1. The van der Waals surface area contributed by atoms with E-state index in [2.05, 4.69) is 0 Å². The smallest absolute Gasteiger partial charge is 0.296 e. The largest absolute Gasteiger partial charge is 0.454 e. The summed E-state index contributed by atoms with van der Waals surface area (Å²) in [6.45, 7) is 5.44. The summed E-state index contributed by atoms with van der Waals surface area (Å²) < 4.78 is 10.4. The van der Waals surface area contributed by atoms with Gasteiger partial charge < -0.3 is 14.4 Å². The highest BCUT2D eigenvalue weighted by atomic mass is 16.7. The molecule has 0 spiro atoms. The van der Waals surface area contributed by atoms with Gasteiger partial charge in [0.05, 0.1) is 11.0 Å². The highest BCUT2D eigenvalue weighted by Gasteiger charge is 2.25. The van der Waals surface area contributed by atoms with Crippen LogP contribution in [-0.2, 0) is 0 Å². The predicted octanol–water partition coefficient (Wildman–Crippen LogP) is 2.17. The molecule has 17 heavy (non-hydrogen) atoms. The van der Waals surface area contributed by atoms with Crippen LogP contribution < -0.4 is 14.4 Å². The fourth-order valence-corrected chi connectivity index (χ4v) is 1.88. The Balaban J connectivity index is 2.51. The van der Waals surface area contributed by atoms with E-state index < -0.39 is 4.92 Å². The van der Waals surface area contributed by atoms with Crippen molar-refractivity contribution in [3.05, 3.63) is 22.2 Å². The molecule has 0 unspecified atom stereocenters. The lowest BCUT2D eigenvalue weighted by Crippen LogP contribution is -2.22. The van der Waals surface area contributed by atoms with E-state index in [9.17, 15) is 10.1 Å². The van der Waals surface area contributed by atoms with Gasteiger partial charge in [0.25, 0.3) is 5.69 Å². The van der Waals surface area contributed by atoms with Gasteiger partial charge in [-0.15, -0.1) is 0 Å². The van der Waals surface area contributed by atoms with Crippen LogP contribution in [0.2, 0.25) is 0 Å². The van der Waals surface area contributed by atoms with E-state index in [1.165, 1.54) is 6.07 Å². The van der Waals surface area contributed by atoms with Crippen molar-refractivity contribution in [1.82, 2.24) is 0 Å². The van der Waals surface area contributed by atoms with Crippen LogP contribution in [0.15, 0.2) is 12.1 Å². The zero-order valence-corrected chi connectivity index (χ0v) is 9.80. The Hall–Kier alpha value is -1.98. The minimum atomic E-state index is -0.393. The summed E-state index contributed by atoms with van der Waals surface area (Å²) in [4.78, 5) is 12.6. The quantitative estimate of drug-likeness (QED) is 0.594. The normalized spacial score (nSPS) is 12.6. The number of hydrogen-bond donors (Lipinski definition) is 0. The van der Waals surface area contributed by atoms with Crippen molar-refractivity contribution < 1.29 is 14.4 Å². The van der Waals surface area contributed by atoms with Crippen molar-refractivity contribution in [2.45, 2.75) is 13.8 Å². The Morgan fingerprint density at radius 2 is 1.88 bits per heavy atom. The first-order valence-electron chi connectivity index (χ1n) is 5.50. The van der Waals surface area contributed by atoms with Crippen molar-refractivity contribution in [1.29, 1.82) is 0 Å². The standard InChI is InChI=1S/C11H14N2O4/c1-3-12(4-2)8-5-10-11(17-7-16-10)6-9(8)13(14)15/h5-6H,3-4,7H2,1-2H3. The van der Waals surface area contributed by atoms with Gasteiger partial charge in [-0.1, -0.05) is 0 Å². The van der Waals surface area contributed by atoms with Crippen LogP contribution >= 0.6 is 0 Å². The molecule has 0 N–H and O–H groups in total. The number of fused-ring (bicyclic) bond motifs is 1. The summed E-state index contributed by atoms with van der Waals surface area (Å²) in [5, 5.41) is 11.0. The van der Waals surface area contributed by atoms with E-state index in [-0.39, 0.29) is 12.5 Å². The molecule has 6 nitrogen and oxygen atoms in total. The molecule has 92 valence electrons. The number of anilines is 1. The summed E-state index contributed by atoms with van der Waals surface area (Å²) >= 11 is 0. The van der Waals surface area contributed by atoms with Crippen LogP contribution in [0.4, 0.5) is 11.4 Å². The van der Waals surface area contributed by atoms with Gasteiger partial charge in [0, 0.05) is 19.2 Å². The van der Waals surface area contributed by atoms with Crippen molar-refractivity contribution in [3.8, 4) is 11.5 Å². The van der Waals surface area contributed by atoms with Gasteiger partial charge in [-0.2, -0.15) is 0 Å². The average molecular weight is 238 g/mol. The van der Waals surface area contributed by atoms with Crippen molar-refractivity contribution >= 4 is 11.4 Å². The molecule has 0 aliphatic carbocycles. The van der Waals surface area contributed by atoms with E-state index in [0.717, 1.165) is 0 Å². The van der Waals surface area contributed by atoms with Crippen molar-refractivity contribution in [2.24, 2.45) is 0 Å². The maximum atomic E-state index is 11.0. The molecule has 1 heterocycles. The van der Waals surface area contributed by atoms with Crippen LogP contribution in [0, 0.1) is 10.1 Å². The van der Waals surface area contributed by atoms with Crippen LogP contribution in [0.5, 0.6) is 11.5 Å². The zero-order chi connectivity index (χ0) is 12.4. The fraction of sp³-hybridized carbons (Fsp3) is 0.455. The first kappa shape index (κ1) is 11.5. The van der Waals surface area contributed by atoms with E-state index in [1.54, 1.807) is 6.07 Å². The van der Waals surface area contributed by atoms with E-state index in [4.69, 9.17) is 9.47 Å². The number of nitrogens with zero attached hydrogens (tertiary/aromatic N) is 2. The van der Waals surface area contributed by atoms with Gasteiger partial charge in [0.2, 0.25) is 6.79 Å². The summed E-state index contributed by atoms with van der Waals surface area (Å²) in [6, 6.07) is 3.10. The molecule has 0 fully saturated rings. The SMILES string of the molecule is CCN(CC)c1cc2c(cc1[N+](=O)[O-])OCO2. The Kier molecular flexibility index (Phi) is 3.03. The van der Waals surface area contributed by atoms with E-state index in [1.807, 2.05) is 18.7 Å². The van der Waals surface area contributed by atoms with Gasteiger partial charge in [0.1, 0.15) is 5.69 Å². The monoisotopic (exact) mass is 238 g/mol. The molecule has 0 bridgehead atoms. The molecule has 1 aliphatic rings. The van der Waals surface area contributed by atoms with Crippen molar-refractivity contribution in [2.75, 3.05) is 24.8 Å². The van der Waals surface area contributed by atoms with Gasteiger partial charge in [-0.3, -0.25) is 10.1 Å². The van der Waals surface area contributed by atoms with Crippen molar-refractivity contribution in [3.63, 3.8) is 0 Å². The third-order valence-corrected chi connectivity index (χ3v) is 2.77. The highest BCUT2D eigenvalue weighted by Crippen LogP contribution is 2.41. The average Bonchev–Trinajstić information content (AvgIpc) is 2.76. The molecule has 0 amide bonds. The topological polar surface area (TPSA) is 64.8 Å². The summed E-state index contributed by atoms with van der Waals surface area (Å²) in [5.41, 5.74) is 0.627.